The van der Waals surface area contributed by atoms with Gasteiger partial charge in [-0.25, -0.2) is 0 Å². The van der Waals surface area contributed by atoms with E-state index in [0.29, 0.717) is 0 Å². The number of allylic oxidation sites excluding steroid dienone is 2. The number of fused-ring (bicyclic) bond motifs is 1. The van der Waals surface area contributed by atoms with Crippen LogP contribution < -0.4 is 5.32 Å². The molecule has 6 rings (SSSR count). The van der Waals surface area contributed by atoms with Crippen molar-refractivity contribution < 1.29 is 14.4 Å². The van der Waals surface area contributed by atoms with Gasteiger partial charge in [0.15, 0.2) is 0 Å². The van der Waals surface area contributed by atoms with Crippen LogP contribution in [0.15, 0.2) is 60.7 Å². The molecule has 2 aromatic rings. The van der Waals surface area contributed by atoms with Gasteiger partial charge in [0, 0.05) is 5.69 Å². The molecule has 5 heteroatoms. The van der Waals surface area contributed by atoms with Crippen LogP contribution in [0.2, 0.25) is 0 Å². The predicted octanol–water partition coefficient (Wildman–Crippen LogP) is 4.57. The number of hydrogen-bond acceptors (Lipinski definition) is 3. The normalized spacial score (nSPS) is 26.9. The summed E-state index contributed by atoms with van der Waals surface area (Å²) in [5, 5.41) is 3.02. The summed E-state index contributed by atoms with van der Waals surface area (Å²) in [6, 6.07) is 14.7. The monoisotopic (exact) mass is 428 g/mol. The first kappa shape index (κ1) is 20.7. The van der Waals surface area contributed by atoms with E-state index in [2.05, 4.69) is 17.5 Å². The summed E-state index contributed by atoms with van der Waals surface area (Å²) < 4.78 is 0. The number of likely N-dealkylation sites (tertiary alicyclic amines) is 1. The first-order valence-corrected chi connectivity index (χ1v) is 11.4. The summed E-state index contributed by atoms with van der Waals surface area (Å²) in [6.07, 6.45) is 6.19. The van der Waals surface area contributed by atoms with Gasteiger partial charge in [-0.1, -0.05) is 60.7 Å². The number of nitrogens with zero attached hydrogens (tertiary/aromatic N) is 1. The first-order chi connectivity index (χ1) is 15.5. The van der Waals surface area contributed by atoms with Crippen LogP contribution in [-0.2, 0) is 14.4 Å². The van der Waals surface area contributed by atoms with Gasteiger partial charge in [0.05, 0.1) is 24.3 Å². The van der Waals surface area contributed by atoms with Crippen molar-refractivity contribution >= 4 is 23.4 Å². The van der Waals surface area contributed by atoms with E-state index in [1.54, 1.807) is 0 Å². The lowest BCUT2D eigenvalue weighted by Crippen LogP contribution is -2.38. The van der Waals surface area contributed by atoms with Crippen LogP contribution in [0.25, 0.3) is 0 Å². The van der Waals surface area contributed by atoms with Crippen molar-refractivity contribution in [3.8, 4) is 0 Å². The Labute approximate surface area is 188 Å². The van der Waals surface area contributed by atoms with Gasteiger partial charge < -0.3 is 5.32 Å². The number of carbonyl (C=O) groups is 3. The van der Waals surface area contributed by atoms with Crippen molar-refractivity contribution in [3.63, 3.8) is 0 Å². The van der Waals surface area contributed by atoms with Gasteiger partial charge >= 0.3 is 0 Å². The topological polar surface area (TPSA) is 66.5 Å². The number of anilines is 1. The Bertz CT molecular complexity index is 1050. The second kappa shape index (κ2) is 8.05. The van der Waals surface area contributed by atoms with Gasteiger partial charge in [-0.3, -0.25) is 19.3 Å². The number of aryl methyl sites for hydroxylation is 2. The van der Waals surface area contributed by atoms with Crippen LogP contribution in [0.1, 0.15) is 42.0 Å². The summed E-state index contributed by atoms with van der Waals surface area (Å²) in [5.74, 6) is -0.732. The number of benzene rings is 2. The summed E-state index contributed by atoms with van der Waals surface area (Å²) in [4.78, 5) is 41.6. The quantitative estimate of drug-likeness (QED) is 0.560. The van der Waals surface area contributed by atoms with E-state index < -0.39 is 6.04 Å². The Morgan fingerprint density at radius 3 is 2.00 bits per heavy atom. The van der Waals surface area contributed by atoms with E-state index in [1.165, 1.54) is 4.90 Å². The molecule has 1 aliphatic heterocycles. The number of para-hydroxylation sites is 1. The Hall–Kier alpha value is -3.21. The highest BCUT2D eigenvalue weighted by Crippen LogP contribution is 2.51. The Balaban J connectivity index is 1.45. The zero-order valence-corrected chi connectivity index (χ0v) is 18.5. The van der Waals surface area contributed by atoms with Crippen LogP contribution in [0.5, 0.6) is 0 Å². The maximum atomic E-state index is 13.5. The predicted molar refractivity (Wildman–Crippen MR) is 123 cm³/mol. The number of hydrogen-bond donors (Lipinski definition) is 1. The number of rotatable bonds is 5. The molecule has 5 atom stereocenters. The van der Waals surface area contributed by atoms with Gasteiger partial charge in [-0.2, -0.15) is 0 Å². The third-order valence-electron chi connectivity index (χ3n) is 7.41. The summed E-state index contributed by atoms with van der Waals surface area (Å²) in [5.41, 5.74) is 3.57. The minimum Gasteiger partial charge on any atom is -0.326 e. The lowest BCUT2D eigenvalue weighted by Gasteiger charge is -2.38. The number of amides is 3. The molecule has 4 aliphatic rings. The van der Waals surface area contributed by atoms with Crippen molar-refractivity contribution in [2.24, 2.45) is 23.7 Å². The SMILES string of the molecule is Cc1cccc(C)c1NC(=O)C[C@H](c1ccccc1)N1C(=O)[C@@H]2[C@H](C1=O)[C@H]1C=C[C@H]2CC1. The van der Waals surface area contributed by atoms with Crippen molar-refractivity contribution in [3.05, 3.63) is 77.4 Å². The van der Waals surface area contributed by atoms with Crippen LogP contribution in [0.3, 0.4) is 0 Å². The molecule has 1 saturated carbocycles. The lowest BCUT2D eigenvalue weighted by atomic mass is 9.63. The molecule has 32 heavy (non-hydrogen) atoms. The standard InChI is InChI=1S/C27H28N2O3/c1-16-7-6-8-17(2)25(16)28-22(30)15-21(18-9-4-3-5-10-18)29-26(31)23-19-11-12-20(14-13-19)24(23)27(29)32/h3-12,19-21,23-24H,13-15H2,1-2H3,(H,28,30)/t19-,20-,21+,23-,24+/m0/s1. The molecule has 0 aromatic heterocycles. The second-order valence-electron chi connectivity index (χ2n) is 9.33. The Morgan fingerprint density at radius 1 is 0.906 bits per heavy atom. The van der Waals surface area contributed by atoms with E-state index in [4.69, 9.17) is 0 Å². The zero-order chi connectivity index (χ0) is 22.4. The molecule has 1 saturated heterocycles. The first-order valence-electron chi connectivity index (χ1n) is 11.4. The fourth-order valence-corrected chi connectivity index (χ4v) is 5.82. The van der Waals surface area contributed by atoms with E-state index >= 15 is 0 Å². The molecule has 0 unspecified atom stereocenters. The van der Waals surface area contributed by atoms with Crippen molar-refractivity contribution in [2.45, 2.75) is 39.2 Å². The van der Waals surface area contributed by atoms with E-state index in [0.717, 1.165) is 35.2 Å². The fourth-order valence-electron chi connectivity index (χ4n) is 5.82. The molecule has 0 radical (unpaired) electrons. The highest BCUT2D eigenvalue weighted by molar-refractivity contribution is 6.07. The summed E-state index contributed by atoms with van der Waals surface area (Å²) in [7, 11) is 0. The van der Waals surface area contributed by atoms with Crippen LogP contribution >= 0.6 is 0 Å². The van der Waals surface area contributed by atoms with Gasteiger partial charge in [0.2, 0.25) is 17.7 Å². The molecular formula is C27H28N2O3. The molecule has 164 valence electrons. The number of nitrogens with one attached hydrogen (secondary N) is 1. The van der Waals surface area contributed by atoms with Crippen molar-refractivity contribution in [1.82, 2.24) is 4.90 Å². The van der Waals surface area contributed by atoms with E-state index in [9.17, 15) is 14.4 Å². The van der Waals surface area contributed by atoms with Gasteiger partial charge in [0.1, 0.15) is 0 Å². The van der Waals surface area contributed by atoms with E-state index in [-0.39, 0.29) is 47.8 Å². The second-order valence-corrected chi connectivity index (χ2v) is 9.33. The third-order valence-corrected chi connectivity index (χ3v) is 7.41. The Morgan fingerprint density at radius 2 is 1.47 bits per heavy atom. The summed E-state index contributed by atoms with van der Waals surface area (Å²) in [6.45, 7) is 3.91. The number of imide groups is 1. The molecule has 2 fully saturated rings. The highest BCUT2D eigenvalue weighted by Gasteiger charge is 2.58. The van der Waals surface area contributed by atoms with Crippen LogP contribution in [0.4, 0.5) is 5.69 Å². The molecule has 3 amide bonds. The van der Waals surface area contributed by atoms with Gasteiger partial charge in [-0.05, 0) is 55.2 Å². The van der Waals surface area contributed by atoms with Crippen molar-refractivity contribution in [2.75, 3.05) is 5.32 Å². The molecule has 5 nitrogen and oxygen atoms in total. The molecule has 2 bridgehead atoms. The fraction of sp³-hybridized carbons (Fsp3) is 0.370. The lowest BCUT2D eigenvalue weighted by molar-refractivity contribution is -0.143. The minimum absolute atomic E-state index is 0.0392. The van der Waals surface area contributed by atoms with Crippen LogP contribution in [0, 0.1) is 37.5 Å². The molecule has 1 N–H and O–H groups in total. The zero-order valence-electron chi connectivity index (χ0n) is 18.5. The molecular weight excluding hydrogens is 400 g/mol. The van der Waals surface area contributed by atoms with E-state index in [1.807, 2.05) is 62.4 Å². The Kier molecular flexibility index (Phi) is 5.20. The minimum atomic E-state index is -0.606. The summed E-state index contributed by atoms with van der Waals surface area (Å²) >= 11 is 0. The maximum Gasteiger partial charge on any atom is 0.234 e. The maximum absolute atomic E-state index is 13.5. The smallest absolute Gasteiger partial charge is 0.234 e. The molecule has 0 spiro atoms. The largest absolute Gasteiger partial charge is 0.326 e. The molecule has 3 aliphatic carbocycles. The van der Waals surface area contributed by atoms with Crippen molar-refractivity contribution in [1.29, 1.82) is 0 Å². The van der Waals surface area contributed by atoms with Gasteiger partial charge in [0.25, 0.3) is 0 Å². The third kappa shape index (κ3) is 3.36. The molecule has 1 heterocycles. The van der Waals surface area contributed by atoms with Crippen LogP contribution in [-0.4, -0.2) is 22.6 Å². The number of carbonyl (C=O) groups excluding carboxylic acids is 3. The highest BCUT2D eigenvalue weighted by atomic mass is 16.2. The van der Waals surface area contributed by atoms with Gasteiger partial charge in [-0.15, -0.1) is 0 Å². The average molecular weight is 429 g/mol. The average Bonchev–Trinajstić information content (AvgIpc) is 3.08. The molecule has 2 aromatic carbocycles.